The van der Waals surface area contributed by atoms with Gasteiger partial charge in [0.2, 0.25) is 5.89 Å². The Balaban J connectivity index is 1.97. The van der Waals surface area contributed by atoms with Crippen LogP contribution in [0.2, 0.25) is 0 Å². The molecule has 5 heteroatoms. The Morgan fingerprint density at radius 1 is 1.28 bits per heavy atom. The zero-order valence-corrected chi connectivity index (χ0v) is 11.7. The lowest BCUT2D eigenvalue weighted by Crippen LogP contribution is -2.01. The first-order valence-corrected chi connectivity index (χ1v) is 6.94. The van der Waals surface area contributed by atoms with Crippen LogP contribution < -0.4 is 5.32 Å². The van der Waals surface area contributed by atoms with Crippen molar-refractivity contribution in [3.8, 4) is 0 Å². The molecule has 0 bridgehead atoms. The van der Waals surface area contributed by atoms with Crippen molar-refractivity contribution in [3.05, 3.63) is 35.2 Å². The molecule has 1 aromatic heterocycles. The highest BCUT2D eigenvalue weighted by molar-refractivity contribution is 7.99. The van der Waals surface area contributed by atoms with Crippen LogP contribution in [0.15, 0.2) is 27.8 Å². The van der Waals surface area contributed by atoms with E-state index in [0.29, 0.717) is 17.7 Å². The third kappa shape index (κ3) is 3.26. The fourth-order valence-electron chi connectivity index (χ4n) is 1.67. The standard InChI is InChI=1S/C13H17N3OS/c1-4-18-13-16-15-12(17-13)8-14-11-6-5-9(2)7-10(11)3/h5-7,14H,4,8H2,1-3H3. The Morgan fingerprint density at radius 2 is 2.11 bits per heavy atom. The molecule has 2 rings (SSSR count). The highest BCUT2D eigenvalue weighted by Crippen LogP contribution is 2.18. The first-order chi connectivity index (χ1) is 8.69. The number of aryl methyl sites for hydroxylation is 2. The zero-order valence-electron chi connectivity index (χ0n) is 10.9. The predicted octanol–water partition coefficient (Wildman–Crippen LogP) is 3.41. The summed E-state index contributed by atoms with van der Waals surface area (Å²) in [5.74, 6) is 1.55. The van der Waals surface area contributed by atoms with E-state index in [9.17, 15) is 0 Å². The molecule has 0 atom stereocenters. The van der Waals surface area contributed by atoms with Crippen LogP contribution in [0, 0.1) is 13.8 Å². The predicted molar refractivity (Wildman–Crippen MR) is 73.9 cm³/mol. The van der Waals surface area contributed by atoms with E-state index >= 15 is 0 Å². The molecule has 0 amide bonds. The number of rotatable bonds is 5. The monoisotopic (exact) mass is 263 g/mol. The van der Waals surface area contributed by atoms with Gasteiger partial charge in [-0.1, -0.05) is 36.4 Å². The third-order valence-corrected chi connectivity index (χ3v) is 3.23. The minimum absolute atomic E-state index is 0.557. The van der Waals surface area contributed by atoms with E-state index in [1.807, 2.05) is 0 Å². The summed E-state index contributed by atoms with van der Waals surface area (Å²) >= 11 is 1.55. The molecule has 1 heterocycles. The minimum Gasteiger partial charge on any atom is -0.414 e. The lowest BCUT2D eigenvalue weighted by Gasteiger charge is -2.07. The average Bonchev–Trinajstić information content (AvgIpc) is 2.76. The average molecular weight is 263 g/mol. The number of benzene rings is 1. The van der Waals surface area contributed by atoms with E-state index < -0.39 is 0 Å². The van der Waals surface area contributed by atoms with Crippen LogP contribution in [0.3, 0.4) is 0 Å². The number of aromatic nitrogens is 2. The van der Waals surface area contributed by atoms with Gasteiger partial charge in [0.25, 0.3) is 5.22 Å². The Kier molecular flexibility index (Phi) is 4.25. The molecule has 0 aliphatic heterocycles. The summed E-state index contributed by atoms with van der Waals surface area (Å²) in [6.45, 7) is 6.79. The molecule has 0 aliphatic carbocycles. The second-order valence-corrected chi connectivity index (χ2v) is 5.28. The van der Waals surface area contributed by atoms with Gasteiger partial charge in [0.1, 0.15) is 0 Å². The van der Waals surface area contributed by atoms with Gasteiger partial charge in [-0.25, -0.2) is 0 Å². The molecule has 0 saturated carbocycles. The van der Waals surface area contributed by atoms with Crippen molar-refractivity contribution in [2.45, 2.75) is 32.5 Å². The highest BCUT2D eigenvalue weighted by atomic mass is 32.2. The van der Waals surface area contributed by atoms with Crippen molar-refractivity contribution in [1.29, 1.82) is 0 Å². The SMILES string of the molecule is CCSc1nnc(CNc2ccc(C)cc2C)o1. The van der Waals surface area contributed by atoms with Crippen LogP contribution in [-0.4, -0.2) is 16.0 Å². The molecule has 2 aromatic rings. The summed E-state index contributed by atoms with van der Waals surface area (Å²) < 4.78 is 5.49. The highest BCUT2D eigenvalue weighted by Gasteiger charge is 2.06. The topological polar surface area (TPSA) is 51.0 Å². The molecule has 0 spiro atoms. The minimum atomic E-state index is 0.557. The summed E-state index contributed by atoms with van der Waals surface area (Å²) in [5.41, 5.74) is 3.58. The maximum Gasteiger partial charge on any atom is 0.276 e. The Bertz CT molecular complexity index is 525. The second kappa shape index (κ2) is 5.91. The summed E-state index contributed by atoms with van der Waals surface area (Å²) in [7, 11) is 0. The molecular weight excluding hydrogens is 246 g/mol. The molecule has 4 nitrogen and oxygen atoms in total. The van der Waals surface area contributed by atoms with Gasteiger partial charge >= 0.3 is 0 Å². The van der Waals surface area contributed by atoms with Gasteiger partial charge < -0.3 is 9.73 Å². The quantitative estimate of drug-likeness (QED) is 0.838. The van der Waals surface area contributed by atoms with E-state index in [4.69, 9.17) is 4.42 Å². The van der Waals surface area contributed by atoms with Gasteiger partial charge in [0.15, 0.2) is 0 Å². The van der Waals surface area contributed by atoms with Crippen molar-refractivity contribution in [2.75, 3.05) is 11.1 Å². The van der Waals surface area contributed by atoms with Crippen molar-refractivity contribution in [3.63, 3.8) is 0 Å². The van der Waals surface area contributed by atoms with Crippen molar-refractivity contribution in [1.82, 2.24) is 10.2 Å². The van der Waals surface area contributed by atoms with E-state index in [1.165, 1.54) is 11.1 Å². The van der Waals surface area contributed by atoms with Crippen LogP contribution in [-0.2, 0) is 6.54 Å². The number of thioether (sulfide) groups is 1. The molecule has 0 fully saturated rings. The lowest BCUT2D eigenvalue weighted by molar-refractivity contribution is 0.418. The molecule has 0 unspecified atom stereocenters. The fraction of sp³-hybridized carbons (Fsp3) is 0.385. The van der Waals surface area contributed by atoms with Crippen LogP contribution >= 0.6 is 11.8 Å². The van der Waals surface area contributed by atoms with E-state index in [1.54, 1.807) is 11.8 Å². The second-order valence-electron chi connectivity index (χ2n) is 4.07. The molecule has 18 heavy (non-hydrogen) atoms. The normalized spacial score (nSPS) is 10.6. The summed E-state index contributed by atoms with van der Waals surface area (Å²) in [6, 6.07) is 6.30. The van der Waals surface area contributed by atoms with Gasteiger partial charge in [-0.2, -0.15) is 0 Å². The molecule has 1 aromatic carbocycles. The number of nitrogens with zero attached hydrogens (tertiary/aromatic N) is 2. The van der Waals surface area contributed by atoms with E-state index in [0.717, 1.165) is 11.4 Å². The van der Waals surface area contributed by atoms with Crippen molar-refractivity contribution >= 4 is 17.4 Å². The third-order valence-electron chi connectivity index (χ3n) is 2.53. The van der Waals surface area contributed by atoms with Crippen molar-refractivity contribution in [2.24, 2.45) is 0 Å². The van der Waals surface area contributed by atoms with Crippen LogP contribution in [0.25, 0.3) is 0 Å². The van der Waals surface area contributed by atoms with Gasteiger partial charge in [0, 0.05) is 5.69 Å². The Labute approximate surface area is 111 Å². The smallest absolute Gasteiger partial charge is 0.276 e. The summed E-state index contributed by atoms with van der Waals surface area (Å²) in [6.07, 6.45) is 0. The maximum absolute atomic E-state index is 5.49. The molecule has 0 saturated heterocycles. The fourth-order valence-corrected chi connectivity index (χ4v) is 2.17. The van der Waals surface area contributed by atoms with Gasteiger partial charge in [-0.3, -0.25) is 0 Å². The first-order valence-electron chi connectivity index (χ1n) is 5.95. The molecular formula is C13H17N3OS. The number of nitrogens with one attached hydrogen (secondary N) is 1. The largest absolute Gasteiger partial charge is 0.414 e. The van der Waals surface area contributed by atoms with Crippen molar-refractivity contribution < 1.29 is 4.42 Å². The first kappa shape index (κ1) is 13.0. The van der Waals surface area contributed by atoms with E-state index in [2.05, 4.69) is 54.5 Å². The van der Waals surface area contributed by atoms with E-state index in [-0.39, 0.29) is 0 Å². The lowest BCUT2D eigenvalue weighted by atomic mass is 10.1. The number of hydrogen-bond donors (Lipinski definition) is 1. The van der Waals surface area contributed by atoms with Gasteiger partial charge in [-0.05, 0) is 31.2 Å². The summed E-state index contributed by atoms with van der Waals surface area (Å²) in [4.78, 5) is 0. The zero-order chi connectivity index (χ0) is 13.0. The number of anilines is 1. The molecule has 96 valence electrons. The van der Waals surface area contributed by atoms with Crippen LogP contribution in [0.5, 0.6) is 0 Å². The summed E-state index contributed by atoms with van der Waals surface area (Å²) in [5, 5.41) is 11.9. The molecule has 0 radical (unpaired) electrons. The number of hydrogen-bond acceptors (Lipinski definition) is 5. The van der Waals surface area contributed by atoms with Crippen LogP contribution in [0.1, 0.15) is 23.9 Å². The molecule has 0 aliphatic rings. The van der Waals surface area contributed by atoms with Gasteiger partial charge in [0.05, 0.1) is 6.54 Å². The van der Waals surface area contributed by atoms with Crippen LogP contribution in [0.4, 0.5) is 5.69 Å². The van der Waals surface area contributed by atoms with Gasteiger partial charge in [-0.15, -0.1) is 10.2 Å². The maximum atomic E-state index is 5.49. The molecule has 1 N–H and O–H groups in total. The Morgan fingerprint density at radius 3 is 2.83 bits per heavy atom. The Hall–Kier alpha value is -1.49.